The zero-order valence-electron chi connectivity index (χ0n) is 17.2. The van der Waals surface area contributed by atoms with Crippen molar-refractivity contribution in [3.63, 3.8) is 0 Å². The van der Waals surface area contributed by atoms with Crippen LogP contribution in [0.5, 0.6) is 0 Å². The monoisotopic (exact) mass is 437 g/mol. The third kappa shape index (κ3) is 3.19. The molecule has 0 spiro atoms. The Balaban J connectivity index is 1.58. The van der Waals surface area contributed by atoms with E-state index >= 15 is 0 Å². The van der Waals surface area contributed by atoms with Gasteiger partial charge in [-0.15, -0.1) is 11.3 Å². The molecule has 0 radical (unpaired) electrons. The quantitative estimate of drug-likeness (QED) is 0.355. The van der Waals surface area contributed by atoms with Crippen LogP contribution in [-0.2, 0) is 0 Å². The molecule has 0 bridgehead atoms. The highest BCUT2D eigenvalue weighted by Gasteiger charge is 2.25. The van der Waals surface area contributed by atoms with E-state index in [9.17, 15) is 5.11 Å². The van der Waals surface area contributed by atoms with E-state index in [0.717, 1.165) is 38.2 Å². The first-order chi connectivity index (χ1) is 15.7. The molecule has 7 heteroatoms. The summed E-state index contributed by atoms with van der Waals surface area (Å²) in [5.41, 5.74) is 5.53. The third-order valence-corrected chi connectivity index (χ3v) is 6.60. The van der Waals surface area contributed by atoms with Crippen molar-refractivity contribution in [2.75, 3.05) is 5.32 Å². The van der Waals surface area contributed by atoms with Crippen LogP contribution < -0.4 is 5.32 Å². The maximum absolute atomic E-state index is 10.7. The van der Waals surface area contributed by atoms with Gasteiger partial charge in [-0.3, -0.25) is 4.98 Å². The zero-order chi connectivity index (χ0) is 21.7. The number of aromatic amines is 1. The molecule has 1 unspecified atom stereocenters. The van der Waals surface area contributed by atoms with Crippen LogP contribution >= 0.6 is 11.3 Å². The highest BCUT2D eigenvalue weighted by molar-refractivity contribution is 7.15. The molecule has 6 nitrogen and oxygen atoms in total. The molecule has 0 saturated carbocycles. The number of nitrogens with one attached hydrogen (secondary N) is 2. The number of H-pyrrole nitrogens is 1. The second-order valence-electron chi connectivity index (χ2n) is 7.73. The van der Waals surface area contributed by atoms with Crippen LogP contribution in [0.15, 0.2) is 67.1 Å². The first-order valence-electron chi connectivity index (χ1n) is 10.3. The van der Waals surface area contributed by atoms with Gasteiger partial charge in [0.25, 0.3) is 0 Å². The van der Waals surface area contributed by atoms with Gasteiger partial charge in [-0.2, -0.15) is 0 Å². The lowest BCUT2D eigenvalue weighted by atomic mass is 9.96. The van der Waals surface area contributed by atoms with Crippen LogP contribution in [0.1, 0.15) is 16.3 Å². The summed E-state index contributed by atoms with van der Waals surface area (Å²) in [6, 6.07) is 16.6. The van der Waals surface area contributed by atoms with E-state index in [1.54, 1.807) is 29.9 Å². The Kier molecular flexibility index (Phi) is 4.38. The summed E-state index contributed by atoms with van der Waals surface area (Å²) in [6.45, 7) is 2.09. The Morgan fingerprint density at radius 3 is 2.78 bits per heavy atom. The van der Waals surface area contributed by atoms with Gasteiger partial charge in [-0.25, -0.2) is 9.97 Å². The number of rotatable bonds is 3. The number of aliphatic hydroxyl groups excluding tert-OH is 1. The van der Waals surface area contributed by atoms with Gasteiger partial charge in [-0.1, -0.05) is 12.1 Å². The predicted molar refractivity (Wildman–Crippen MR) is 129 cm³/mol. The minimum absolute atomic E-state index is 0.631. The standard InChI is InChI=1S/C25H19N5OS/c1-14-4-7-21(32-14)22-18(15-5-6-20-16(11-15)3-2-8-26-20)12-17-13-19(24-27-9-10-28-24)25(31)30-23(17)29-22/h2-13,25,31H,1H3,(H,27,28)(H,29,30). The van der Waals surface area contributed by atoms with Gasteiger partial charge in [0.15, 0.2) is 6.23 Å². The molecule has 0 fully saturated rings. The number of anilines is 1. The molecule has 0 saturated heterocycles. The number of aryl methyl sites for hydroxylation is 1. The van der Waals surface area contributed by atoms with Crippen molar-refractivity contribution in [3.05, 3.63) is 83.4 Å². The summed E-state index contributed by atoms with van der Waals surface area (Å²) in [5.74, 6) is 1.28. The summed E-state index contributed by atoms with van der Waals surface area (Å²) >= 11 is 1.71. The molecule has 32 heavy (non-hydrogen) atoms. The Labute approximate surface area is 188 Å². The molecule has 6 rings (SSSR count). The Hall–Kier alpha value is -3.81. The number of aliphatic hydroxyl groups is 1. The lowest BCUT2D eigenvalue weighted by Crippen LogP contribution is -2.25. The van der Waals surface area contributed by atoms with Crippen molar-refractivity contribution in [1.82, 2.24) is 19.9 Å². The van der Waals surface area contributed by atoms with Gasteiger partial charge in [0.2, 0.25) is 0 Å². The van der Waals surface area contributed by atoms with Crippen LogP contribution in [0.3, 0.4) is 0 Å². The van der Waals surface area contributed by atoms with Crippen LogP contribution in [0, 0.1) is 6.92 Å². The number of benzene rings is 1. The highest BCUT2D eigenvalue weighted by atomic mass is 32.1. The second-order valence-corrected chi connectivity index (χ2v) is 9.02. The first kappa shape index (κ1) is 18.9. The molecule has 1 aromatic carbocycles. The predicted octanol–water partition coefficient (Wildman–Crippen LogP) is 5.34. The fourth-order valence-electron chi connectivity index (χ4n) is 4.04. The molecule has 5 aromatic rings. The summed E-state index contributed by atoms with van der Waals surface area (Å²) in [6.07, 6.45) is 6.27. The first-order valence-corrected chi connectivity index (χ1v) is 11.1. The molecule has 3 N–H and O–H groups in total. The number of hydrogen-bond donors (Lipinski definition) is 3. The van der Waals surface area contributed by atoms with E-state index in [1.165, 1.54) is 4.88 Å². The molecule has 156 valence electrons. The van der Waals surface area contributed by atoms with E-state index in [4.69, 9.17) is 4.98 Å². The largest absolute Gasteiger partial charge is 0.369 e. The van der Waals surface area contributed by atoms with E-state index in [-0.39, 0.29) is 0 Å². The second kappa shape index (κ2) is 7.40. The van der Waals surface area contributed by atoms with E-state index in [0.29, 0.717) is 17.2 Å². The third-order valence-electron chi connectivity index (χ3n) is 5.59. The topological polar surface area (TPSA) is 86.7 Å². The lowest BCUT2D eigenvalue weighted by Gasteiger charge is -2.24. The minimum Gasteiger partial charge on any atom is -0.369 e. The van der Waals surface area contributed by atoms with Gasteiger partial charge in [0.05, 0.1) is 16.1 Å². The van der Waals surface area contributed by atoms with Gasteiger partial charge in [-0.05, 0) is 55.0 Å². The average Bonchev–Trinajstić information content (AvgIpc) is 3.49. The molecule has 5 heterocycles. The fraction of sp³-hybridized carbons (Fsp3) is 0.0800. The van der Waals surface area contributed by atoms with Crippen molar-refractivity contribution in [2.45, 2.75) is 13.2 Å². The fourth-order valence-corrected chi connectivity index (χ4v) is 4.91. The van der Waals surface area contributed by atoms with E-state index in [2.05, 4.69) is 63.6 Å². The van der Waals surface area contributed by atoms with Crippen molar-refractivity contribution in [3.8, 4) is 21.7 Å². The molecule has 0 aliphatic carbocycles. The number of hydrogen-bond acceptors (Lipinski definition) is 6. The summed E-state index contributed by atoms with van der Waals surface area (Å²) in [7, 11) is 0. The zero-order valence-corrected chi connectivity index (χ0v) is 18.0. The molecular weight excluding hydrogens is 418 g/mol. The molecular formula is C25H19N5OS. The van der Waals surface area contributed by atoms with Crippen molar-refractivity contribution in [1.29, 1.82) is 0 Å². The Morgan fingerprint density at radius 1 is 1.03 bits per heavy atom. The molecule has 1 aliphatic rings. The number of thiophene rings is 1. The highest BCUT2D eigenvalue weighted by Crippen LogP contribution is 2.40. The molecule has 1 atom stereocenters. The SMILES string of the molecule is Cc1ccc(-c2nc3c(cc2-c2ccc4ncccc4c2)C=C(c2ncc[nH]2)C(O)N3)s1. The van der Waals surface area contributed by atoms with Gasteiger partial charge in [0.1, 0.15) is 11.6 Å². The maximum Gasteiger partial charge on any atom is 0.155 e. The maximum atomic E-state index is 10.7. The minimum atomic E-state index is -0.892. The smallest absolute Gasteiger partial charge is 0.155 e. The van der Waals surface area contributed by atoms with Crippen molar-refractivity contribution in [2.24, 2.45) is 0 Å². The molecule has 0 amide bonds. The van der Waals surface area contributed by atoms with Gasteiger partial charge >= 0.3 is 0 Å². The van der Waals surface area contributed by atoms with Crippen LogP contribution in [0.4, 0.5) is 5.82 Å². The summed E-state index contributed by atoms with van der Waals surface area (Å²) in [4.78, 5) is 19.1. The number of aromatic nitrogens is 4. The van der Waals surface area contributed by atoms with Crippen molar-refractivity contribution >= 4 is 39.7 Å². The van der Waals surface area contributed by atoms with Crippen LogP contribution in [-0.4, -0.2) is 31.3 Å². The van der Waals surface area contributed by atoms with Crippen LogP contribution in [0.25, 0.3) is 44.3 Å². The number of nitrogens with zero attached hydrogens (tertiary/aromatic N) is 3. The summed E-state index contributed by atoms with van der Waals surface area (Å²) < 4.78 is 0. The van der Waals surface area contributed by atoms with Gasteiger partial charge < -0.3 is 15.4 Å². The normalized spacial score (nSPS) is 15.3. The number of fused-ring (bicyclic) bond motifs is 2. The van der Waals surface area contributed by atoms with E-state index in [1.807, 2.05) is 18.2 Å². The molecule has 1 aliphatic heterocycles. The lowest BCUT2D eigenvalue weighted by molar-refractivity contribution is 0.260. The average molecular weight is 438 g/mol. The van der Waals surface area contributed by atoms with Crippen molar-refractivity contribution < 1.29 is 5.11 Å². The van der Waals surface area contributed by atoms with Gasteiger partial charge in [0, 0.05) is 45.6 Å². The number of imidazole rings is 1. The van der Waals surface area contributed by atoms with E-state index < -0.39 is 6.23 Å². The Morgan fingerprint density at radius 2 is 1.97 bits per heavy atom. The number of pyridine rings is 2. The molecule has 4 aromatic heterocycles. The Bertz CT molecular complexity index is 1490. The van der Waals surface area contributed by atoms with Crippen LogP contribution in [0.2, 0.25) is 0 Å². The summed E-state index contributed by atoms with van der Waals surface area (Å²) in [5, 5.41) is 14.9.